The molecule has 1 aliphatic carbocycles. The predicted molar refractivity (Wildman–Crippen MR) is 66.1 cm³/mol. The van der Waals surface area contributed by atoms with Crippen molar-refractivity contribution in [3.8, 4) is 0 Å². The molecule has 1 heterocycles. The summed E-state index contributed by atoms with van der Waals surface area (Å²) in [7, 11) is 0. The molecular formula is C14H27N. The Kier molecular flexibility index (Phi) is 3.39. The van der Waals surface area contributed by atoms with Gasteiger partial charge in [0.1, 0.15) is 0 Å². The molecule has 2 fully saturated rings. The minimum Gasteiger partial charge on any atom is -0.297 e. The molecule has 2 rings (SSSR count). The molecule has 0 aromatic rings. The van der Waals surface area contributed by atoms with Crippen LogP contribution in [0.1, 0.15) is 65.7 Å². The fraction of sp³-hybridized carbons (Fsp3) is 1.00. The molecule has 1 aliphatic heterocycles. The smallest absolute Gasteiger partial charge is 0.0147 e. The lowest BCUT2D eigenvalue weighted by Gasteiger charge is -2.41. The maximum absolute atomic E-state index is 2.85. The highest BCUT2D eigenvalue weighted by Gasteiger charge is 2.37. The van der Waals surface area contributed by atoms with E-state index in [0.717, 1.165) is 12.1 Å². The summed E-state index contributed by atoms with van der Waals surface area (Å²) in [6.45, 7) is 8.61. The average Bonchev–Trinajstić information content (AvgIpc) is 2.67. The van der Waals surface area contributed by atoms with Crippen LogP contribution in [0.2, 0.25) is 0 Å². The molecule has 88 valence electrons. The van der Waals surface area contributed by atoms with E-state index >= 15 is 0 Å². The summed E-state index contributed by atoms with van der Waals surface area (Å²) in [6, 6.07) is 1.77. The van der Waals surface area contributed by atoms with Crippen LogP contribution in [0.15, 0.2) is 0 Å². The van der Waals surface area contributed by atoms with E-state index in [-0.39, 0.29) is 0 Å². The number of likely N-dealkylation sites (tertiary alicyclic amines) is 1. The number of hydrogen-bond acceptors (Lipinski definition) is 1. The molecule has 1 nitrogen and oxygen atoms in total. The molecule has 1 saturated carbocycles. The molecular weight excluding hydrogens is 182 g/mol. The van der Waals surface area contributed by atoms with E-state index in [1.54, 1.807) is 0 Å². The van der Waals surface area contributed by atoms with Gasteiger partial charge in [0, 0.05) is 12.1 Å². The normalized spacial score (nSPS) is 31.0. The van der Waals surface area contributed by atoms with E-state index in [1.807, 2.05) is 0 Å². The first-order chi connectivity index (χ1) is 7.09. The van der Waals surface area contributed by atoms with Crippen LogP contribution < -0.4 is 0 Å². The minimum atomic E-state index is 0.480. The number of rotatable bonds is 1. The molecule has 0 bridgehead atoms. The molecule has 1 saturated heterocycles. The third-order valence-corrected chi connectivity index (χ3v) is 4.34. The van der Waals surface area contributed by atoms with Crippen LogP contribution in [-0.4, -0.2) is 23.5 Å². The molecule has 2 aliphatic rings. The Bertz CT molecular complexity index is 198. The molecule has 0 aromatic carbocycles. The van der Waals surface area contributed by atoms with Gasteiger partial charge in [-0.15, -0.1) is 0 Å². The quantitative estimate of drug-likeness (QED) is 0.634. The van der Waals surface area contributed by atoms with Gasteiger partial charge in [-0.2, -0.15) is 0 Å². The van der Waals surface area contributed by atoms with Crippen molar-refractivity contribution < 1.29 is 0 Å². The van der Waals surface area contributed by atoms with Gasteiger partial charge in [0.15, 0.2) is 0 Å². The van der Waals surface area contributed by atoms with Gasteiger partial charge in [-0.1, -0.05) is 40.0 Å². The van der Waals surface area contributed by atoms with Crippen LogP contribution in [0.3, 0.4) is 0 Å². The first-order valence-electron chi connectivity index (χ1n) is 6.85. The fourth-order valence-electron chi connectivity index (χ4n) is 3.57. The second-order valence-corrected chi connectivity index (χ2v) is 6.55. The lowest BCUT2D eigenvalue weighted by molar-refractivity contribution is 0.0770. The van der Waals surface area contributed by atoms with Gasteiger partial charge in [0.2, 0.25) is 0 Å². The van der Waals surface area contributed by atoms with Crippen molar-refractivity contribution in [3.63, 3.8) is 0 Å². The van der Waals surface area contributed by atoms with Crippen molar-refractivity contribution in [2.45, 2.75) is 77.8 Å². The second kappa shape index (κ2) is 4.45. The number of nitrogens with zero attached hydrogens (tertiary/aromatic N) is 1. The monoisotopic (exact) mass is 209 g/mol. The van der Waals surface area contributed by atoms with Crippen molar-refractivity contribution >= 4 is 0 Å². The van der Waals surface area contributed by atoms with Gasteiger partial charge in [-0.25, -0.2) is 0 Å². The molecule has 0 N–H and O–H groups in total. The van der Waals surface area contributed by atoms with E-state index < -0.39 is 0 Å². The lowest BCUT2D eigenvalue weighted by Crippen LogP contribution is -2.46. The highest BCUT2D eigenvalue weighted by Crippen LogP contribution is 2.37. The summed E-state index contributed by atoms with van der Waals surface area (Å²) in [5, 5.41) is 0. The minimum absolute atomic E-state index is 0.480. The topological polar surface area (TPSA) is 3.24 Å². The van der Waals surface area contributed by atoms with E-state index in [0.29, 0.717) is 5.41 Å². The Balaban J connectivity index is 2.00. The van der Waals surface area contributed by atoms with Gasteiger partial charge < -0.3 is 0 Å². The maximum atomic E-state index is 2.85. The largest absolute Gasteiger partial charge is 0.297 e. The zero-order chi connectivity index (χ0) is 10.9. The van der Waals surface area contributed by atoms with Gasteiger partial charge in [-0.05, 0) is 37.6 Å². The van der Waals surface area contributed by atoms with Gasteiger partial charge >= 0.3 is 0 Å². The Morgan fingerprint density at radius 2 is 1.53 bits per heavy atom. The van der Waals surface area contributed by atoms with E-state index in [4.69, 9.17) is 0 Å². The van der Waals surface area contributed by atoms with Crippen LogP contribution in [0.4, 0.5) is 0 Å². The molecule has 1 atom stereocenters. The van der Waals surface area contributed by atoms with Crippen LogP contribution >= 0.6 is 0 Å². The van der Waals surface area contributed by atoms with E-state index in [1.165, 1.54) is 51.5 Å². The summed E-state index contributed by atoms with van der Waals surface area (Å²) in [5.74, 6) is 0. The molecule has 0 spiro atoms. The van der Waals surface area contributed by atoms with Crippen molar-refractivity contribution in [2.75, 3.05) is 6.54 Å². The van der Waals surface area contributed by atoms with Gasteiger partial charge in [-0.3, -0.25) is 4.90 Å². The molecule has 0 amide bonds. The highest BCUT2D eigenvalue weighted by atomic mass is 15.2. The third-order valence-electron chi connectivity index (χ3n) is 4.34. The molecule has 15 heavy (non-hydrogen) atoms. The Morgan fingerprint density at radius 3 is 2.13 bits per heavy atom. The predicted octanol–water partition coefficient (Wildman–Crippen LogP) is 3.83. The van der Waals surface area contributed by atoms with Gasteiger partial charge in [0.25, 0.3) is 0 Å². The second-order valence-electron chi connectivity index (χ2n) is 6.55. The first-order valence-corrected chi connectivity index (χ1v) is 6.85. The van der Waals surface area contributed by atoms with E-state index in [2.05, 4.69) is 25.7 Å². The van der Waals surface area contributed by atoms with Gasteiger partial charge in [0.05, 0.1) is 0 Å². The highest BCUT2D eigenvalue weighted by molar-refractivity contribution is 4.92. The Hall–Kier alpha value is -0.0400. The third kappa shape index (κ3) is 2.55. The Labute approximate surface area is 95.2 Å². The standard InChI is InChI=1S/C14H27N/c1-14(2,3)13-10-7-11-15(13)12-8-5-4-6-9-12/h12-13H,4-11H2,1-3H3. The molecule has 1 heteroatoms. The zero-order valence-electron chi connectivity index (χ0n) is 10.8. The molecule has 0 aromatic heterocycles. The van der Waals surface area contributed by atoms with E-state index in [9.17, 15) is 0 Å². The average molecular weight is 209 g/mol. The summed E-state index contributed by atoms with van der Waals surface area (Å²) < 4.78 is 0. The van der Waals surface area contributed by atoms with Crippen molar-refractivity contribution in [1.29, 1.82) is 0 Å². The molecule has 0 radical (unpaired) electrons. The van der Waals surface area contributed by atoms with Crippen LogP contribution in [0, 0.1) is 5.41 Å². The summed E-state index contributed by atoms with van der Waals surface area (Å²) >= 11 is 0. The van der Waals surface area contributed by atoms with Crippen LogP contribution in [0.25, 0.3) is 0 Å². The van der Waals surface area contributed by atoms with Crippen LogP contribution in [0.5, 0.6) is 0 Å². The summed E-state index contributed by atoms with van der Waals surface area (Å²) in [5.41, 5.74) is 0.480. The molecule has 1 unspecified atom stereocenters. The summed E-state index contributed by atoms with van der Waals surface area (Å²) in [6.07, 6.45) is 10.2. The van der Waals surface area contributed by atoms with Crippen molar-refractivity contribution in [3.05, 3.63) is 0 Å². The fourth-order valence-corrected chi connectivity index (χ4v) is 3.57. The summed E-state index contributed by atoms with van der Waals surface area (Å²) in [4.78, 5) is 2.85. The Morgan fingerprint density at radius 1 is 0.867 bits per heavy atom. The first kappa shape index (κ1) is 11.4. The van der Waals surface area contributed by atoms with Crippen molar-refractivity contribution in [2.24, 2.45) is 5.41 Å². The SMILES string of the molecule is CC(C)(C)C1CCCN1C1CCCCC1. The van der Waals surface area contributed by atoms with Crippen molar-refractivity contribution in [1.82, 2.24) is 4.90 Å². The zero-order valence-corrected chi connectivity index (χ0v) is 10.8. The lowest BCUT2D eigenvalue weighted by atomic mass is 9.83. The maximum Gasteiger partial charge on any atom is 0.0147 e. The van der Waals surface area contributed by atoms with Crippen LogP contribution in [-0.2, 0) is 0 Å². The number of hydrogen-bond donors (Lipinski definition) is 0.